The lowest BCUT2D eigenvalue weighted by Crippen LogP contribution is -2.38. The summed E-state index contributed by atoms with van der Waals surface area (Å²) in [5.74, 6) is -7.19. The average molecular weight is 644 g/mol. The summed E-state index contributed by atoms with van der Waals surface area (Å²) in [6, 6.07) is 7.86. The molecule has 1 spiro atoms. The van der Waals surface area contributed by atoms with Crippen LogP contribution < -0.4 is 0 Å². The number of carboxylic acids is 2. The Bertz CT molecular complexity index is 1250. The number of alkyl halides is 6. The lowest BCUT2D eigenvalue weighted by molar-refractivity contribution is -0.193. The van der Waals surface area contributed by atoms with Crippen LogP contribution >= 0.6 is 0 Å². The van der Waals surface area contributed by atoms with Gasteiger partial charge in [-0.3, -0.25) is 9.78 Å². The topological polar surface area (TPSA) is 120 Å². The molecule has 1 aromatic carbocycles. The number of nitrogens with zero attached hydrogens (tertiary/aromatic N) is 3. The molecule has 9 nitrogen and oxygen atoms in total. The minimum absolute atomic E-state index is 0.0141. The highest BCUT2D eigenvalue weighted by atomic mass is 19.4. The molecule has 1 amide bonds. The first-order chi connectivity index (χ1) is 20.4. The zero-order valence-electron chi connectivity index (χ0n) is 23.2. The Morgan fingerprint density at radius 2 is 1.61 bits per heavy atom. The molecule has 4 rings (SSSR count). The number of aliphatic carboxylic acids is 2. The summed E-state index contributed by atoms with van der Waals surface area (Å²) in [6.45, 7) is 4.25. The highest BCUT2D eigenvalue weighted by molar-refractivity contribution is 5.79. The van der Waals surface area contributed by atoms with Gasteiger partial charge in [-0.25, -0.2) is 18.4 Å². The number of pyridine rings is 1. The fourth-order valence-electron chi connectivity index (χ4n) is 4.86. The van der Waals surface area contributed by atoms with Gasteiger partial charge in [0, 0.05) is 55.5 Å². The van der Waals surface area contributed by atoms with Crippen LogP contribution in [0.3, 0.4) is 0 Å². The number of ether oxygens (including phenoxy) is 1. The second-order valence-electron chi connectivity index (χ2n) is 10.2. The number of amides is 1. The molecule has 17 heteroatoms. The van der Waals surface area contributed by atoms with E-state index in [4.69, 9.17) is 24.5 Å². The van der Waals surface area contributed by atoms with Crippen molar-refractivity contribution in [1.82, 2.24) is 14.8 Å². The van der Waals surface area contributed by atoms with Gasteiger partial charge in [0.2, 0.25) is 5.91 Å². The maximum Gasteiger partial charge on any atom is 0.490 e. The lowest BCUT2D eigenvalue weighted by Gasteiger charge is -2.30. The highest BCUT2D eigenvalue weighted by Crippen LogP contribution is 2.43. The number of halogens is 8. The van der Waals surface area contributed by atoms with Gasteiger partial charge in [0.05, 0.1) is 19.6 Å². The quantitative estimate of drug-likeness (QED) is 0.451. The van der Waals surface area contributed by atoms with Crippen LogP contribution in [0.5, 0.6) is 0 Å². The molecule has 0 radical (unpaired) electrons. The molecule has 2 saturated heterocycles. The Kier molecular flexibility index (Phi) is 12.6. The first-order valence-electron chi connectivity index (χ1n) is 12.8. The minimum atomic E-state index is -5.08. The molecular formula is C27H29F8N3O6. The summed E-state index contributed by atoms with van der Waals surface area (Å²) in [6.07, 6.45) is -5.84. The van der Waals surface area contributed by atoms with E-state index in [2.05, 4.69) is 16.9 Å². The lowest BCUT2D eigenvalue weighted by atomic mass is 9.77. The zero-order valence-corrected chi connectivity index (χ0v) is 23.2. The van der Waals surface area contributed by atoms with Crippen molar-refractivity contribution < 1.29 is 64.5 Å². The second kappa shape index (κ2) is 15.2. The molecule has 0 aliphatic carbocycles. The number of carbonyl (C=O) groups excluding carboxylic acids is 1. The van der Waals surface area contributed by atoms with Crippen LogP contribution in [0.4, 0.5) is 35.1 Å². The van der Waals surface area contributed by atoms with Gasteiger partial charge in [-0.15, -0.1) is 0 Å². The standard InChI is InChI=1S/C23H27F2N3O2.2C2HF3O2/c1-27-12-19(14-30-13-17-4-3-8-26-11-17)23(15-27)7-9-28(16-23)21(29)10-18-5-2-6-20(24)22(18)25;2*3-2(4,5)1(6)7/h2-6,8,11,19H,7,9-10,12-16H2,1H3;2*(H,6,7)/t19-,23-;;/m1../s1. The van der Waals surface area contributed by atoms with Gasteiger partial charge in [0.15, 0.2) is 11.6 Å². The van der Waals surface area contributed by atoms with Gasteiger partial charge in [-0.2, -0.15) is 26.3 Å². The number of likely N-dealkylation sites (tertiary alicyclic amines) is 2. The number of hydrogen-bond acceptors (Lipinski definition) is 6. The number of benzene rings is 1. The summed E-state index contributed by atoms with van der Waals surface area (Å²) in [7, 11) is 2.09. The van der Waals surface area contributed by atoms with E-state index in [-0.39, 0.29) is 23.3 Å². The Morgan fingerprint density at radius 3 is 2.16 bits per heavy atom. The smallest absolute Gasteiger partial charge is 0.475 e. The summed E-state index contributed by atoms with van der Waals surface area (Å²) in [5.41, 5.74) is 1.14. The highest BCUT2D eigenvalue weighted by Gasteiger charge is 2.50. The molecule has 0 unspecified atom stereocenters. The first kappa shape index (κ1) is 36.3. The van der Waals surface area contributed by atoms with E-state index < -0.39 is 35.9 Å². The molecular weight excluding hydrogens is 614 g/mol. The fourth-order valence-corrected chi connectivity index (χ4v) is 4.86. The molecule has 2 aliphatic rings. The number of carboxylic acid groups (broad SMARTS) is 2. The molecule has 2 N–H and O–H groups in total. The van der Waals surface area contributed by atoms with E-state index in [0.717, 1.165) is 31.1 Å². The van der Waals surface area contributed by atoms with E-state index in [0.29, 0.717) is 32.2 Å². The van der Waals surface area contributed by atoms with Crippen LogP contribution in [0.2, 0.25) is 0 Å². The number of carbonyl (C=O) groups is 3. The summed E-state index contributed by atoms with van der Waals surface area (Å²) >= 11 is 0. The first-order valence-corrected chi connectivity index (χ1v) is 12.8. The molecule has 1 aromatic heterocycles. The monoisotopic (exact) mass is 643 g/mol. The Labute approximate surface area is 246 Å². The number of rotatable bonds is 6. The predicted octanol–water partition coefficient (Wildman–Crippen LogP) is 4.17. The van der Waals surface area contributed by atoms with Crippen LogP contribution in [-0.2, 0) is 32.1 Å². The van der Waals surface area contributed by atoms with Crippen molar-refractivity contribution >= 4 is 17.8 Å². The zero-order chi connectivity index (χ0) is 33.3. The third kappa shape index (κ3) is 10.7. The van der Waals surface area contributed by atoms with Crippen LogP contribution in [0.1, 0.15) is 17.5 Å². The van der Waals surface area contributed by atoms with Gasteiger partial charge >= 0.3 is 24.3 Å². The number of hydrogen-bond donors (Lipinski definition) is 2. The largest absolute Gasteiger partial charge is 0.490 e. The molecule has 44 heavy (non-hydrogen) atoms. The van der Waals surface area contributed by atoms with E-state index in [1.807, 2.05) is 12.1 Å². The summed E-state index contributed by atoms with van der Waals surface area (Å²) in [4.78, 5) is 38.8. The van der Waals surface area contributed by atoms with Crippen LogP contribution in [0, 0.1) is 23.0 Å². The van der Waals surface area contributed by atoms with Crippen molar-refractivity contribution in [2.24, 2.45) is 11.3 Å². The maximum absolute atomic E-state index is 14.0. The van der Waals surface area contributed by atoms with Gasteiger partial charge in [-0.05, 0) is 31.2 Å². The summed E-state index contributed by atoms with van der Waals surface area (Å²) < 4.78 is 96.9. The molecule has 2 atom stereocenters. The van der Waals surface area contributed by atoms with E-state index in [9.17, 15) is 39.9 Å². The van der Waals surface area contributed by atoms with Crippen molar-refractivity contribution in [3.8, 4) is 0 Å². The van der Waals surface area contributed by atoms with Gasteiger partial charge in [0.1, 0.15) is 0 Å². The average Bonchev–Trinajstić information content (AvgIpc) is 3.49. The fraction of sp³-hybridized carbons (Fsp3) is 0.481. The second-order valence-corrected chi connectivity index (χ2v) is 10.2. The Balaban J connectivity index is 0.000000402. The van der Waals surface area contributed by atoms with E-state index >= 15 is 0 Å². The molecule has 2 aromatic rings. The third-order valence-corrected chi connectivity index (χ3v) is 6.89. The van der Waals surface area contributed by atoms with Crippen LogP contribution in [0.15, 0.2) is 42.7 Å². The molecule has 244 valence electrons. The third-order valence-electron chi connectivity index (χ3n) is 6.89. The minimum Gasteiger partial charge on any atom is -0.475 e. The molecule has 0 bridgehead atoms. The Morgan fingerprint density at radius 1 is 1.00 bits per heavy atom. The van der Waals surface area contributed by atoms with Gasteiger partial charge in [-0.1, -0.05) is 18.2 Å². The maximum atomic E-state index is 14.0. The van der Waals surface area contributed by atoms with E-state index in [1.165, 1.54) is 12.1 Å². The van der Waals surface area contributed by atoms with Crippen molar-refractivity contribution in [2.75, 3.05) is 39.8 Å². The molecule has 2 fully saturated rings. The van der Waals surface area contributed by atoms with Crippen LogP contribution in [0.25, 0.3) is 0 Å². The van der Waals surface area contributed by atoms with Crippen molar-refractivity contribution in [3.63, 3.8) is 0 Å². The SMILES string of the molecule is CN1C[C@H](COCc2cccnc2)[C@]2(CCN(C(=O)Cc3cccc(F)c3F)C2)C1.O=C(O)C(F)(F)F.O=C(O)C(F)(F)F. The van der Waals surface area contributed by atoms with Gasteiger partial charge in [0.25, 0.3) is 0 Å². The van der Waals surface area contributed by atoms with E-state index in [1.54, 1.807) is 17.3 Å². The van der Waals surface area contributed by atoms with Crippen LogP contribution in [-0.4, -0.2) is 95.0 Å². The molecule has 0 saturated carbocycles. The predicted molar refractivity (Wildman–Crippen MR) is 136 cm³/mol. The molecule has 2 aliphatic heterocycles. The van der Waals surface area contributed by atoms with Gasteiger partial charge < -0.3 is 24.7 Å². The van der Waals surface area contributed by atoms with Crippen molar-refractivity contribution in [1.29, 1.82) is 0 Å². The number of aromatic nitrogens is 1. The van der Waals surface area contributed by atoms with Crippen molar-refractivity contribution in [2.45, 2.75) is 31.8 Å². The summed E-state index contributed by atoms with van der Waals surface area (Å²) in [5, 5.41) is 14.2. The van der Waals surface area contributed by atoms with Crippen molar-refractivity contribution in [3.05, 3.63) is 65.5 Å². The normalized spacial score (nSPS) is 20.0. The Hall–Kier alpha value is -3.86. The molecule has 3 heterocycles.